The van der Waals surface area contributed by atoms with Crippen LogP contribution in [0.4, 0.5) is 5.69 Å². The van der Waals surface area contributed by atoms with E-state index in [1.165, 1.54) is 11.8 Å². The van der Waals surface area contributed by atoms with E-state index in [1.807, 2.05) is 86.6 Å². The van der Waals surface area contributed by atoms with Crippen molar-refractivity contribution in [2.24, 2.45) is 0 Å². The van der Waals surface area contributed by atoms with Crippen LogP contribution in [0.3, 0.4) is 0 Å². The number of benzene rings is 3. The lowest BCUT2D eigenvalue weighted by Gasteiger charge is -2.22. The largest absolute Gasteiger partial charge is 0.494 e. The summed E-state index contributed by atoms with van der Waals surface area (Å²) in [5.74, 6) is 0.650. The van der Waals surface area contributed by atoms with Crippen molar-refractivity contribution in [1.29, 1.82) is 0 Å². The van der Waals surface area contributed by atoms with Crippen molar-refractivity contribution in [2.75, 3.05) is 18.6 Å². The van der Waals surface area contributed by atoms with E-state index in [0.29, 0.717) is 28.4 Å². The van der Waals surface area contributed by atoms with E-state index in [2.05, 4.69) is 0 Å². The highest BCUT2D eigenvalue weighted by molar-refractivity contribution is 8.00. The molecule has 6 nitrogen and oxygen atoms in total. The summed E-state index contributed by atoms with van der Waals surface area (Å²) < 4.78 is 7.10. The third-order valence-corrected chi connectivity index (χ3v) is 6.29. The molecule has 1 atom stereocenters. The molecule has 1 aromatic heterocycles. The molecule has 0 saturated carbocycles. The summed E-state index contributed by atoms with van der Waals surface area (Å²) in [4.78, 5) is 33.0. The molecule has 0 spiro atoms. The Labute approximate surface area is 196 Å². The molecule has 0 saturated heterocycles. The third kappa shape index (κ3) is 4.78. The van der Waals surface area contributed by atoms with Gasteiger partial charge in [-0.2, -0.15) is 0 Å². The van der Waals surface area contributed by atoms with Crippen molar-refractivity contribution < 1.29 is 9.53 Å². The van der Waals surface area contributed by atoms with Crippen molar-refractivity contribution >= 4 is 34.3 Å². The lowest BCUT2D eigenvalue weighted by molar-refractivity contribution is -0.117. The van der Waals surface area contributed by atoms with E-state index < -0.39 is 5.25 Å². The average Bonchev–Trinajstić information content (AvgIpc) is 2.85. The van der Waals surface area contributed by atoms with Gasteiger partial charge in [0, 0.05) is 12.7 Å². The van der Waals surface area contributed by atoms with Gasteiger partial charge in [0.1, 0.15) is 5.75 Å². The minimum atomic E-state index is -0.461. The van der Waals surface area contributed by atoms with Gasteiger partial charge in [-0.15, -0.1) is 0 Å². The number of fused-ring (bicyclic) bond motifs is 1. The SMILES string of the molecule is CCOc1ccc(-n2c(S[C@H](C)C(=O)N(C)c3ccccc3)nc3ccccc3c2=O)cc1. The summed E-state index contributed by atoms with van der Waals surface area (Å²) >= 11 is 1.27. The van der Waals surface area contributed by atoms with Crippen LogP contribution in [0, 0.1) is 0 Å². The molecule has 0 N–H and O–H groups in total. The van der Waals surface area contributed by atoms with Crippen LogP contribution in [0.15, 0.2) is 88.8 Å². The predicted molar refractivity (Wildman–Crippen MR) is 134 cm³/mol. The Morgan fingerprint density at radius 3 is 2.39 bits per heavy atom. The second kappa shape index (κ2) is 9.92. The molecule has 0 fully saturated rings. The van der Waals surface area contributed by atoms with E-state index in [9.17, 15) is 9.59 Å². The first-order valence-corrected chi connectivity index (χ1v) is 11.6. The highest BCUT2D eigenvalue weighted by atomic mass is 32.2. The number of thioether (sulfide) groups is 1. The summed E-state index contributed by atoms with van der Waals surface area (Å²) in [6, 6.07) is 24.0. The van der Waals surface area contributed by atoms with Crippen molar-refractivity contribution in [3.8, 4) is 11.4 Å². The number of anilines is 1. The number of carbonyl (C=O) groups excluding carboxylic acids is 1. The number of hydrogen-bond acceptors (Lipinski definition) is 5. The molecule has 0 aliphatic carbocycles. The average molecular weight is 460 g/mol. The zero-order chi connectivity index (χ0) is 23.4. The van der Waals surface area contributed by atoms with Crippen molar-refractivity contribution in [1.82, 2.24) is 9.55 Å². The van der Waals surface area contributed by atoms with Gasteiger partial charge in [0.25, 0.3) is 5.56 Å². The first kappa shape index (κ1) is 22.6. The molecular weight excluding hydrogens is 434 g/mol. The van der Waals surface area contributed by atoms with E-state index in [1.54, 1.807) is 22.6 Å². The lowest BCUT2D eigenvalue weighted by Crippen LogP contribution is -2.33. The number of para-hydroxylation sites is 2. The summed E-state index contributed by atoms with van der Waals surface area (Å²) in [6.07, 6.45) is 0. The number of rotatable bonds is 7. The number of nitrogens with zero attached hydrogens (tertiary/aromatic N) is 3. The topological polar surface area (TPSA) is 64.4 Å². The molecule has 1 heterocycles. The van der Waals surface area contributed by atoms with E-state index >= 15 is 0 Å². The molecule has 0 aliphatic rings. The van der Waals surface area contributed by atoms with Crippen LogP contribution < -0.4 is 15.2 Å². The Bertz CT molecular complexity index is 1320. The molecule has 7 heteroatoms. The zero-order valence-electron chi connectivity index (χ0n) is 18.8. The van der Waals surface area contributed by atoms with Crippen LogP contribution in [-0.2, 0) is 4.79 Å². The Hall–Kier alpha value is -3.58. The predicted octanol–water partition coefficient (Wildman–Crippen LogP) is 4.93. The third-order valence-electron chi connectivity index (χ3n) is 5.25. The Balaban J connectivity index is 1.73. The van der Waals surface area contributed by atoms with Crippen LogP contribution in [0.1, 0.15) is 13.8 Å². The number of carbonyl (C=O) groups is 1. The summed E-state index contributed by atoms with van der Waals surface area (Å²) in [5, 5.41) is 0.526. The highest BCUT2D eigenvalue weighted by Crippen LogP contribution is 2.27. The quantitative estimate of drug-likeness (QED) is 0.290. The summed E-state index contributed by atoms with van der Waals surface area (Å²) in [5.41, 5.74) is 1.90. The van der Waals surface area contributed by atoms with Crippen LogP contribution in [0.25, 0.3) is 16.6 Å². The minimum Gasteiger partial charge on any atom is -0.494 e. The molecule has 3 aromatic carbocycles. The fourth-order valence-electron chi connectivity index (χ4n) is 3.54. The fourth-order valence-corrected chi connectivity index (χ4v) is 4.56. The second-order valence-corrected chi connectivity index (χ2v) is 8.78. The zero-order valence-corrected chi connectivity index (χ0v) is 19.6. The molecule has 168 valence electrons. The van der Waals surface area contributed by atoms with Gasteiger partial charge in [0.15, 0.2) is 5.16 Å². The maximum atomic E-state index is 13.5. The first-order valence-electron chi connectivity index (χ1n) is 10.7. The van der Waals surface area contributed by atoms with Crippen LogP contribution >= 0.6 is 11.8 Å². The second-order valence-electron chi connectivity index (χ2n) is 7.47. The molecule has 0 radical (unpaired) electrons. The van der Waals surface area contributed by atoms with Crippen molar-refractivity contribution in [2.45, 2.75) is 24.3 Å². The smallest absolute Gasteiger partial charge is 0.266 e. The normalized spacial score (nSPS) is 11.8. The number of ether oxygens (including phenoxy) is 1. The standard InChI is InChI=1S/C26H25N3O3S/c1-4-32-21-16-14-20(15-17-21)29-25(31)22-12-8-9-13-23(22)27-26(29)33-18(2)24(30)28(3)19-10-6-5-7-11-19/h5-18H,4H2,1-3H3/t18-/m1/s1. The Kier molecular flexibility index (Phi) is 6.79. The summed E-state index contributed by atoms with van der Waals surface area (Å²) in [6.45, 7) is 4.31. The molecule has 4 rings (SSSR count). The molecule has 1 amide bonds. The van der Waals surface area contributed by atoms with Crippen LogP contribution in [-0.4, -0.2) is 34.4 Å². The van der Waals surface area contributed by atoms with Crippen LogP contribution in [0.5, 0.6) is 5.75 Å². The van der Waals surface area contributed by atoms with Gasteiger partial charge >= 0.3 is 0 Å². The molecular formula is C26H25N3O3S. The van der Waals surface area contributed by atoms with Gasteiger partial charge in [0.05, 0.1) is 28.4 Å². The van der Waals surface area contributed by atoms with Gasteiger partial charge in [0.2, 0.25) is 5.91 Å². The molecule has 0 aliphatic heterocycles. The lowest BCUT2D eigenvalue weighted by atomic mass is 10.2. The first-order chi connectivity index (χ1) is 16.0. The summed E-state index contributed by atoms with van der Waals surface area (Å²) in [7, 11) is 1.75. The monoisotopic (exact) mass is 459 g/mol. The van der Waals surface area contributed by atoms with Gasteiger partial charge in [-0.1, -0.05) is 42.1 Å². The maximum absolute atomic E-state index is 13.5. The molecule has 4 aromatic rings. The van der Waals surface area contributed by atoms with Gasteiger partial charge in [-0.25, -0.2) is 4.98 Å². The van der Waals surface area contributed by atoms with Crippen LogP contribution in [0.2, 0.25) is 0 Å². The molecule has 33 heavy (non-hydrogen) atoms. The van der Waals surface area contributed by atoms with Gasteiger partial charge < -0.3 is 9.64 Å². The van der Waals surface area contributed by atoms with Crippen molar-refractivity contribution in [3.63, 3.8) is 0 Å². The maximum Gasteiger partial charge on any atom is 0.266 e. The van der Waals surface area contributed by atoms with E-state index in [4.69, 9.17) is 9.72 Å². The van der Waals surface area contributed by atoms with Gasteiger partial charge in [-0.05, 0) is 62.4 Å². The number of amides is 1. The van der Waals surface area contributed by atoms with Crippen molar-refractivity contribution in [3.05, 3.63) is 89.2 Å². The highest BCUT2D eigenvalue weighted by Gasteiger charge is 2.23. The fraction of sp³-hybridized carbons (Fsp3) is 0.192. The van der Waals surface area contributed by atoms with Gasteiger partial charge in [-0.3, -0.25) is 14.2 Å². The van der Waals surface area contributed by atoms with E-state index in [0.717, 1.165) is 11.4 Å². The molecule has 0 bridgehead atoms. The number of hydrogen-bond donors (Lipinski definition) is 0. The Morgan fingerprint density at radius 2 is 1.70 bits per heavy atom. The Morgan fingerprint density at radius 1 is 1.03 bits per heavy atom. The van der Waals surface area contributed by atoms with E-state index in [-0.39, 0.29) is 11.5 Å². The molecule has 0 unspecified atom stereocenters. The minimum absolute atomic E-state index is 0.0770. The number of aromatic nitrogens is 2.